The van der Waals surface area contributed by atoms with Crippen molar-refractivity contribution in [2.24, 2.45) is 0 Å². The lowest BCUT2D eigenvalue weighted by atomic mass is 9.95. The molecule has 0 unspecified atom stereocenters. The summed E-state index contributed by atoms with van der Waals surface area (Å²) >= 11 is 0. The van der Waals surface area contributed by atoms with Gasteiger partial charge in [-0.15, -0.1) is 0 Å². The zero-order chi connectivity index (χ0) is 15.8. The third kappa shape index (κ3) is 2.66. The number of allylic oxidation sites excluding steroid dienone is 3. The molecule has 4 rings (SSSR count). The molecule has 0 atom stereocenters. The van der Waals surface area contributed by atoms with Gasteiger partial charge in [-0.2, -0.15) is 0 Å². The van der Waals surface area contributed by atoms with Crippen molar-refractivity contribution < 1.29 is 0 Å². The largest absolute Gasteiger partial charge is 0.309 e. The molecule has 2 aliphatic rings. The maximum absolute atomic E-state index is 2.42. The zero-order valence-corrected chi connectivity index (χ0v) is 14.0. The summed E-state index contributed by atoms with van der Waals surface area (Å²) in [4.78, 5) is 2.25. The Morgan fingerprint density at radius 3 is 2.57 bits per heavy atom. The smallest absolute Gasteiger partial charge is 0.00156 e. The molecule has 2 aromatic rings. The fourth-order valence-electron chi connectivity index (χ4n) is 3.76. The van der Waals surface area contributed by atoms with Crippen molar-refractivity contribution in [2.75, 3.05) is 20.6 Å². The van der Waals surface area contributed by atoms with E-state index in [2.05, 4.69) is 73.6 Å². The van der Waals surface area contributed by atoms with Gasteiger partial charge in [0, 0.05) is 6.54 Å². The van der Waals surface area contributed by atoms with Crippen LogP contribution in [0.25, 0.3) is 16.7 Å². The Labute approximate surface area is 139 Å². The van der Waals surface area contributed by atoms with Crippen molar-refractivity contribution in [2.45, 2.75) is 19.3 Å². The van der Waals surface area contributed by atoms with Crippen LogP contribution in [0.5, 0.6) is 0 Å². The van der Waals surface area contributed by atoms with Crippen molar-refractivity contribution in [3.63, 3.8) is 0 Å². The number of hydrogen-bond acceptors (Lipinski definition) is 1. The predicted molar refractivity (Wildman–Crippen MR) is 98.5 cm³/mol. The molecule has 0 N–H and O–H groups in total. The van der Waals surface area contributed by atoms with Gasteiger partial charge in [0.05, 0.1) is 0 Å². The highest BCUT2D eigenvalue weighted by Gasteiger charge is 2.22. The van der Waals surface area contributed by atoms with Crippen molar-refractivity contribution in [1.29, 1.82) is 0 Å². The van der Waals surface area contributed by atoms with E-state index in [9.17, 15) is 0 Å². The molecule has 1 heteroatoms. The molecular formula is C22H23N. The van der Waals surface area contributed by atoms with Crippen LogP contribution in [0, 0.1) is 0 Å². The summed E-state index contributed by atoms with van der Waals surface area (Å²) in [5, 5.41) is 0. The van der Waals surface area contributed by atoms with Crippen LogP contribution < -0.4 is 0 Å². The van der Waals surface area contributed by atoms with Crippen molar-refractivity contribution in [3.8, 4) is 11.1 Å². The summed E-state index contributed by atoms with van der Waals surface area (Å²) in [6, 6.07) is 15.6. The monoisotopic (exact) mass is 301 g/mol. The Balaban J connectivity index is 1.64. The lowest BCUT2D eigenvalue weighted by Crippen LogP contribution is -2.12. The van der Waals surface area contributed by atoms with E-state index in [1.54, 1.807) is 0 Å². The molecule has 0 aliphatic heterocycles. The minimum atomic E-state index is 1.08. The Morgan fingerprint density at radius 1 is 0.913 bits per heavy atom. The second-order valence-corrected chi connectivity index (χ2v) is 6.87. The third-order valence-electron chi connectivity index (χ3n) is 4.99. The first-order valence-corrected chi connectivity index (χ1v) is 8.47. The van der Waals surface area contributed by atoms with Crippen LogP contribution in [0.3, 0.4) is 0 Å². The van der Waals surface area contributed by atoms with Crippen LogP contribution in [0.1, 0.15) is 29.5 Å². The molecule has 0 spiro atoms. The summed E-state index contributed by atoms with van der Waals surface area (Å²) in [5.74, 6) is 0. The van der Waals surface area contributed by atoms with Crippen LogP contribution in [-0.2, 0) is 6.42 Å². The highest BCUT2D eigenvalue weighted by atomic mass is 15.0. The van der Waals surface area contributed by atoms with Gasteiger partial charge in [-0.05, 0) is 66.7 Å². The van der Waals surface area contributed by atoms with E-state index in [0.717, 1.165) is 25.8 Å². The molecule has 0 aromatic heterocycles. The van der Waals surface area contributed by atoms with E-state index in [-0.39, 0.29) is 0 Å². The second-order valence-electron chi connectivity index (χ2n) is 6.87. The number of hydrogen-bond donors (Lipinski definition) is 0. The second kappa shape index (κ2) is 5.82. The van der Waals surface area contributed by atoms with Gasteiger partial charge in [0.25, 0.3) is 0 Å². The first-order valence-electron chi connectivity index (χ1n) is 8.47. The van der Waals surface area contributed by atoms with E-state index < -0.39 is 0 Å². The molecule has 0 fully saturated rings. The molecule has 0 amide bonds. The third-order valence-corrected chi connectivity index (χ3v) is 4.99. The predicted octanol–water partition coefficient (Wildman–Crippen LogP) is 4.92. The summed E-state index contributed by atoms with van der Waals surface area (Å²) in [5.41, 5.74) is 10.3. The maximum atomic E-state index is 2.42. The van der Waals surface area contributed by atoms with E-state index >= 15 is 0 Å². The quantitative estimate of drug-likeness (QED) is 0.661. The topological polar surface area (TPSA) is 3.24 Å². The normalized spacial score (nSPS) is 15.4. The lowest BCUT2D eigenvalue weighted by molar-refractivity contribution is 0.414. The van der Waals surface area contributed by atoms with Crippen molar-refractivity contribution in [1.82, 2.24) is 4.90 Å². The average molecular weight is 301 g/mol. The first kappa shape index (κ1) is 14.5. The summed E-state index contributed by atoms with van der Waals surface area (Å²) in [6.45, 7) is 1.12. The summed E-state index contributed by atoms with van der Waals surface area (Å²) in [7, 11) is 4.28. The highest BCUT2D eigenvalue weighted by Crippen LogP contribution is 2.41. The Bertz CT molecular complexity index is 808. The standard InChI is InChI=1S/C22H23N/c1-23(2)13-12-16-10-11-18(14-16)20-8-5-9-21-19-7-4-3-6-17(19)15-22(20)21/h3-10,14H,11-13,15H2,1-2H3. The van der Waals surface area contributed by atoms with Crippen LogP contribution in [0.15, 0.2) is 60.2 Å². The molecular weight excluding hydrogens is 278 g/mol. The number of nitrogens with zero attached hydrogens (tertiary/aromatic N) is 1. The van der Waals surface area contributed by atoms with E-state index in [4.69, 9.17) is 0 Å². The fourth-order valence-corrected chi connectivity index (χ4v) is 3.76. The Morgan fingerprint density at radius 2 is 1.70 bits per heavy atom. The van der Waals surface area contributed by atoms with E-state index in [0.29, 0.717) is 0 Å². The van der Waals surface area contributed by atoms with Crippen molar-refractivity contribution >= 4 is 5.57 Å². The molecule has 0 heterocycles. The minimum absolute atomic E-state index is 1.08. The molecule has 2 aliphatic carbocycles. The number of fused-ring (bicyclic) bond motifs is 3. The Kier molecular flexibility index (Phi) is 3.66. The van der Waals surface area contributed by atoms with Crippen LogP contribution in [0.4, 0.5) is 0 Å². The average Bonchev–Trinajstić information content (AvgIpc) is 3.17. The van der Waals surface area contributed by atoms with E-state index in [1.165, 1.54) is 39.0 Å². The van der Waals surface area contributed by atoms with Crippen molar-refractivity contribution in [3.05, 3.63) is 76.9 Å². The molecule has 0 saturated heterocycles. The van der Waals surface area contributed by atoms with E-state index in [1.807, 2.05) is 0 Å². The number of rotatable bonds is 4. The SMILES string of the molecule is CN(C)CCC1=CCC(c2cccc3c2Cc2ccccc2-3)=C1. The fraction of sp³-hybridized carbons (Fsp3) is 0.273. The highest BCUT2D eigenvalue weighted by molar-refractivity contribution is 5.85. The Hall–Kier alpha value is -2.12. The summed E-state index contributed by atoms with van der Waals surface area (Å²) in [6.07, 6.45) is 8.12. The van der Waals surface area contributed by atoms with Crippen LogP contribution in [0.2, 0.25) is 0 Å². The molecule has 0 radical (unpaired) electrons. The summed E-state index contributed by atoms with van der Waals surface area (Å²) < 4.78 is 0. The zero-order valence-electron chi connectivity index (χ0n) is 14.0. The van der Waals surface area contributed by atoms with Gasteiger partial charge in [-0.25, -0.2) is 0 Å². The van der Waals surface area contributed by atoms with Gasteiger partial charge in [0.1, 0.15) is 0 Å². The van der Waals surface area contributed by atoms with Gasteiger partial charge in [-0.3, -0.25) is 0 Å². The molecule has 0 bridgehead atoms. The molecule has 1 nitrogen and oxygen atoms in total. The first-order chi connectivity index (χ1) is 11.2. The lowest BCUT2D eigenvalue weighted by Gasteiger charge is -2.10. The molecule has 116 valence electrons. The van der Waals surface area contributed by atoms with Crippen LogP contribution in [-0.4, -0.2) is 25.5 Å². The van der Waals surface area contributed by atoms with Gasteiger partial charge in [-0.1, -0.05) is 60.2 Å². The van der Waals surface area contributed by atoms with Crippen LogP contribution >= 0.6 is 0 Å². The molecule has 0 saturated carbocycles. The van der Waals surface area contributed by atoms with Gasteiger partial charge < -0.3 is 4.90 Å². The van der Waals surface area contributed by atoms with Gasteiger partial charge in [0.15, 0.2) is 0 Å². The number of benzene rings is 2. The van der Waals surface area contributed by atoms with Gasteiger partial charge >= 0.3 is 0 Å². The minimum Gasteiger partial charge on any atom is -0.309 e. The van der Waals surface area contributed by atoms with Gasteiger partial charge in [0.2, 0.25) is 0 Å². The maximum Gasteiger partial charge on any atom is 0.00156 e. The molecule has 23 heavy (non-hydrogen) atoms. The molecule has 2 aromatic carbocycles.